The van der Waals surface area contributed by atoms with Gasteiger partial charge in [0.2, 0.25) is 5.91 Å². The predicted octanol–water partition coefficient (Wildman–Crippen LogP) is 3.62. The van der Waals surface area contributed by atoms with E-state index in [2.05, 4.69) is 41.4 Å². The molecule has 146 valence electrons. The zero-order valence-corrected chi connectivity index (χ0v) is 17.6. The van der Waals surface area contributed by atoms with Gasteiger partial charge in [-0.1, -0.05) is 20.8 Å². The van der Waals surface area contributed by atoms with E-state index in [1.54, 1.807) is 18.4 Å². The molecule has 3 atom stereocenters. The minimum Gasteiger partial charge on any atom is -0.380 e. The molecule has 2 heterocycles. The lowest BCUT2D eigenvalue weighted by Gasteiger charge is -2.60. The summed E-state index contributed by atoms with van der Waals surface area (Å²) in [5, 5.41) is 6.58. The summed E-state index contributed by atoms with van der Waals surface area (Å²) < 4.78 is 5.75. The summed E-state index contributed by atoms with van der Waals surface area (Å²) >= 11 is 1.70. The molecule has 1 aliphatic carbocycles. The van der Waals surface area contributed by atoms with Gasteiger partial charge in [-0.05, 0) is 32.6 Å². The molecule has 1 aromatic heterocycles. The number of hydrogen-bond acceptors (Lipinski definition) is 5. The first-order valence-corrected chi connectivity index (χ1v) is 10.8. The summed E-state index contributed by atoms with van der Waals surface area (Å²) in [6.45, 7) is 10.5. The second kappa shape index (κ2) is 7.85. The van der Waals surface area contributed by atoms with Gasteiger partial charge in [0.1, 0.15) is 0 Å². The van der Waals surface area contributed by atoms with Crippen LogP contribution in [-0.4, -0.2) is 43.2 Å². The fourth-order valence-corrected chi connectivity index (χ4v) is 6.04. The third-order valence-electron chi connectivity index (χ3n) is 6.80. The van der Waals surface area contributed by atoms with Crippen molar-refractivity contribution in [2.45, 2.75) is 65.5 Å². The Balaban J connectivity index is 1.57. The number of nitrogens with one attached hydrogen (secondary N) is 1. The number of aryl methyl sites for hydroxylation is 1. The molecule has 1 saturated heterocycles. The highest BCUT2D eigenvalue weighted by Crippen LogP contribution is 2.52. The quantitative estimate of drug-likeness (QED) is 0.820. The van der Waals surface area contributed by atoms with Crippen molar-refractivity contribution in [1.82, 2.24) is 10.3 Å². The molecule has 5 nitrogen and oxygen atoms in total. The summed E-state index contributed by atoms with van der Waals surface area (Å²) in [5.41, 5.74) is 1.16. The van der Waals surface area contributed by atoms with Crippen LogP contribution in [0.25, 0.3) is 0 Å². The van der Waals surface area contributed by atoms with Crippen molar-refractivity contribution in [3.05, 3.63) is 11.1 Å². The summed E-state index contributed by atoms with van der Waals surface area (Å²) in [6.07, 6.45) is 4.14. The van der Waals surface area contributed by atoms with Crippen LogP contribution in [0, 0.1) is 24.2 Å². The van der Waals surface area contributed by atoms with Gasteiger partial charge in [0, 0.05) is 48.9 Å². The number of anilines is 1. The summed E-state index contributed by atoms with van der Waals surface area (Å²) in [4.78, 5) is 19.8. The smallest absolute Gasteiger partial charge is 0.223 e. The molecule has 1 amide bonds. The third kappa shape index (κ3) is 3.26. The molecule has 2 fully saturated rings. The molecule has 26 heavy (non-hydrogen) atoms. The summed E-state index contributed by atoms with van der Waals surface area (Å²) in [5.74, 6) is 0.729. The number of methoxy groups -OCH3 is 1. The Morgan fingerprint density at radius 3 is 2.54 bits per heavy atom. The van der Waals surface area contributed by atoms with Gasteiger partial charge in [-0.15, -0.1) is 11.3 Å². The maximum Gasteiger partial charge on any atom is 0.223 e. The zero-order chi connectivity index (χ0) is 18.9. The van der Waals surface area contributed by atoms with E-state index >= 15 is 0 Å². The van der Waals surface area contributed by atoms with E-state index in [1.807, 2.05) is 6.92 Å². The molecule has 1 aliphatic heterocycles. The second-order valence-electron chi connectivity index (χ2n) is 7.97. The van der Waals surface area contributed by atoms with Crippen LogP contribution in [0.5, 0.6) is 0 Å². The first-order valence-electron chi connectivity index (χ1n) is 9.97. The Labute approximate surface area is 161 Å². The number of carbonyl (C=O) groups is 1. The predicted molar refractivity (Wildman–Crippen MR) is 107 cm³/mol. The fraction of sp³-hybridized carbons (Fsp3) is 0.800. The molecule has 0 aromatic carbocycles. The zero-order valence-electron chi connectivity index (χ0n) is 16.7. The van der Waals surface area contributed by atoms with Crippen LogP contribution in [0.15, 0.2) is 5.38 Å². The van der Waals surface area contributed by atoms with Crippen molar-refractivity contribution in [2.24, 2.45) is 17.3 Å². The van der Waals surface area contributed by atoms with E-state index in [4.69, 9.17) is 4.74 Å². The maximum atomic E-state index is 12.9. The lowest BCUT2D eigenvalue weighted by atomic mass is 9.53. The number of thiazole rings is 1. The standard InChI is InChI=1S/C20H33N3O2S/c1-6-20(7-2)16(14(4)17(20)25-5)22-18(24)15-8-10-23(11-9-15)19-21-13(3)12-26-19/h12,14-17H,6-11H2,1-5H3,(H,22,24). The Morgan fingerprint density at radius 2 is 2.04 bits per heavy atom. The van der Waals surface area contributed by atoms with Gasteiger partial charge in [-0.2, -0.15) is 0 Å². The molecular weight excluding hydrogens is 346 g/mol. The van der Waals surface area contributed by atoms with E-state index in [0.29, 0.717) is 5.92 Å². The van der Waals surface area contributed by atoms with Gasteiger partial charge in [0.15, 0.2) is 5.13 Å². The number of amides is 1. The molecule has 1 saturated carbocycles. The van der Waals surface area contributed by atoms with Crippen molar-refractivity contribution in [2.75, 3.05) is 25.1 Å². The SMILES string of the molecule is CCC1(CC)C(NC(=O)C2CCN(c3nc(C)cs3)CC2)C(C)C1OC. The number of piperidine rings is 1. The Kier molecular flexibility index (Phi) is 5.92. The molecule has 2 aliphatic rings. The van der Waals surface area contributed by atoms with Gasteiger partial charge in [0.05, 0.1) is 11.8 Å². The van der Waals surface area contributed by atoms with E-state index in [0.717, 1.165) is 49.6 Å². The number of aromatic nitrogens is 1. The normalized spacial score (nSPS) is 28.7. The van der Waals surface area contributed by atoms with Gasteiger partial charge >= 0.3 is 0 Å². The van der Waals surface area contributed by atoms with Crippen LogP contribution < -0.4 is 10.2 Å². The number of carbonyl (C=O) groups excluding carboxylic acids is 1. The first kappa shape index (κ1) is 19.6. The molecular formula is C20H33N3O2S. The van der Waals surface area contributed by atoms with Crippen molar-refractivity contribution in [3.8, 4) is 0 Å². The first-order chi connectivity index (χ1) is 12.5. The average molecular weight is 380 g/mol. The molecule has 0 bridgehead atoms. The van der Waals surface area contributed by atoms with Crippen LogP contribution in [-0.2, 0) is 9.53 Å². The fourth-order valence-electron chi connectivity index (χ4n) is 5.19. The molecule has 1 N–H and O–H groups in total. The van der Waals surface area contributed by atoms with Crippen molar-refractivity contribution < 1.29 is 9.53 Å². The van der Waals surface area contributed by atoms with E-state index in [-0.39, 0.29) is 29.4 Å². The van der Waals surface area contributed by atoms with Crippen LogP contribution in [0.2, 0.25) is 0 Å². The molecule has 0 radical (unpaired) electrons. The Hall–Kier alpha value is -1.14. The van der Waals surface area contributed by atoms with E-state index in [1.165, 1.54) is 0 Å². The highest BCUT2D eigenvalue weighted by Gasteiger charge is 2.59. The van der Waals surface area contributed by atoms with Crippen LogP contribution >= 0.6 is 11.3 Å². The van der Waals surface area contributed by atoms with E-state index < -0.39 is 0 Å². The summed E-state index contributed by atoms with van der Waals surface area (Å²) in [6, 6.07) is 0.231. The van der Waals surface area contributed by atoms with Crippen molar-refractivity contribution in [1.29, 1.82) is 0 Å². The highest BCUT2D eigenvalue weighted by molar-refractivity contribution is 7.13. The number of rotatable bonds is 6. The minimum absolute atomic E-state index is 0.0863. The summed E-state index contributed by atoms with van der Waals surface area (Å²) in [7, 11) is 1.80. The van der Waals surface area contributed by atoms with Crippen LogP contribution in [0.3, 0.4) is 0 Å². The van der Waals surface area contributed by atoms with Crippen LogP contribution in [0.1, 0.15) is 52.1 Å². The number of hydrogen-bond donors (Lipinski definition) is 1. The number of ether oxygens (including phenoxy) is 1. The maximum absolute atomic E-state index is 12.9. The molecule has 3 rings (SSSR count). The van der Waals surface area contributed by atoms with Gasteiger partial charge in [-0.25, -0.2) is 4.98 Å². The largest absolute Gasteiger partial charge is 0.380 e. The topological polar surface area (TPSA) is 54.5 Å². The second-order valence-corrected chi connectivity index (χ2v) is 8.81. The number of nitrogens with zero attached hydrogens (tertiary/aromatic N) is 2. The van der Waals surface area contributed by atoms with Crippen molar-refractivity contribution >= 4 is 22.4 Å². The van der Waals surface area contributed by atoms with Gasteiger partial charge < -0.3 is 15.0 Å². The Morgan fingerprint density at radius 1 is 1.38 bits per heavy atom. The molecule has 3 unspecified atom stereocenters. The third-order valence-corrected chi connectivity index (χ3v) is 7.82. The molecule has 6 heteroatoms. The Bertz CT molecular complexity index is 620. The van der Waals surface area contributed by atoms with Crippen molar-refractivity contribution in [3.63, 3.8) is 0 Å². The minimum atomic E-state index is 0.0863. The van der Waals surface area contributed by atoms with E-state index in [9.17, 15) is 4.79 Å². The van der Waals surface area contributed by atoms with Gasteiger partial charge in [0.25, 0.3) is 0 Å². The lowest BCUT2D eigenvalue weighted by Crippen LogP contribution is -2.70. The average Bonchev–Trinajstić information content (AvgIpc) is 3.10. The lowest BCUT2D eigenvalue weighted by molar-refractivity contribution is -0.173. The molecule has 1 aromatic rings. The van der Waals surface area contributed by atoms with Gasteiger partial charge in [-0.3, -0.25) is 4.79 Å². The molecule has 0 spiro atoms. The van der Waals surface area contributed by atoms with Crippen LogP contribution in [0.4, 0.5) is 5.13 Å². The monoisotopic (exact) mass is 379 g/mol. The highest BCUT2D eigenvalue weighted by atomic mass is 32.1.